The van der Waals surface area contributed by atoms with E-state index in [0.717, 1.165) is 16.7 Å². The summed E-state index contributed by atoms with van der Waals surface area (Å²) in [5.41, 5.74) is 1.62. The number of hydrogen-bond acceptors (Lipinski definition) is 4. The maximum absolute atomic E-state index is 12.2. The number of hydrogen-bond donors (Lipinski definition) is 1. The van der Waals surface area contributed by atoms with Crippen molar-refractivity contribution >= 4 is 17.1 Å². The van der Waals surface area contributed by atoms with Crippen molar-refractivity contribution in [1.82, 2.24) is 4.57 Å². The Bertz CT molecular complexity index is 1020. The lowest BCUT2D eigenvalue weighted by Gasteiger charge is -2.10. The number of ether oxygens (including phenoxy) is 1. The number of carbonyl (C=O) groups is 1. The predicted molar refractivity (Wildman–Crippen MR) is 84.9 cm³/mol. The Morgan fingerprint density at radius 2 is 1.77 bits per heavy atom. The lowest BCUT2D eigenvalue weighted by molar-refractivity contribution is -0.274. The van der Waals surface area contributed by atoms with E-state index in [0.29, 0.717) is 11.1 Å². The number of benzene rings is 2. The first-order chi connectivity index (χ1) is 12.2. The van der Waals surface area contributed by atoms with Crippen LogP contribution in [0, 0.1) is 0 Å². The van der Waals surface area contributed by atoms with E-state index in [2.05, 4.69) is 4.74 Å². The molecule has 0 aliphatic carbocycles. The molecule has 0 saturated heterocycles. The van der Waals surface area contributed by atoms with Crippen molar-refractivity contribution < 1.29 is 32.2 Å². The molecule has 1 unspecified atom stereocenters. The van der Waals surface area contributed by atoms with E-state index >= 15 is 0 Å². The van der Waals surface area contributed by atoms with Gasteiger partial charge in [-0.15, -0.1) is 13.2 Å². The Morgan fingerprint density at radius 3 is 2.35 bits per heavy atom. The second-order valence-corrected chi connectivity index (χ2v) is 5.51. The summed E-state index contributed by atoms with van der Waals surface area (Å²) >= 11 is 0. The molecule has 9 heteroatoms. The summed E-state index contributed by atoms with van der Waals surface area (Å²) in [5.74, 6) is -2.36. The lowest BCUT2D eigenvalue weighted by Crippen LogP contribution is -2.24. The molecule has 0 fully saturated rings. The minimum Gasteiger partial charge on any atom is -0.480 e. The Balaban J connectivity index is 2.02. The van der Waals surface area contributed by atoms with E-state index in [1.54, 1.807) is 12.1 Å². The fourth-order valence-corrected chi connectivity index (χ4v) is 2.54. The van der Waals surface area contributed by atoms with Crippen molar-refractivity contribution in [2.45, 2.75) is 19.3 Å². The molecule has 0 aliphatic heterocycles. The number of aromatic nitrogens is 1. The summed E-state index contributed by atoms with van der Waals surface area (Å²) in [6, 6.07) is 8.68. The van der Waals surface area contributed by atoms with E-state index in [9.17, 15) is 22.8 Å². The van der Waals surface area contributed by atoms with Crippen molar-refractivity contribution in [3.8, 4) is 16.9 Å². The topological polar surface area (TPSA) is 81.7 Å². The van der Waals surface area contributed by atoms with Crippen LogP contribution in [0.15, 0.2) is 51.7 Å². The zero-order chi connectivity index (χ0) is 19.1. The molecule has 0 amide bonds. The number of nitrogens with zero attached hydrogens (tertiary/aromatic N) is 1. The number of rotatable bonds is 4. The Morgan fingerprint density at radius 1 is 1.15 bits per heavy atom. The van der Waals surface area contributed by atoms with Crippen LogP contribution in [-0.2, 0) is 4.79 Å². The molecule has 0 aliphatic rings. The Hall–Kier alpha value is -3.23. The van der Waals surface area contributed by atoms with Crippen LogP contribution in [0.25, 0.3) is 22.2 Å². The molecule has 6 nitrogen and oxygen atoms in total. The number of carboxylic acid groups (broad SMARTS) is 1. The van der Waals surface area contributed by atoms with Crippen LogP contribution in [0.5, 0.6) is 5.75 Å². The normalized spacial score (nSPS) is 12.9. The van der Waals surface area contributed by atoms with Crippen LogP contribution >= 0.6 is 0 Å². The van der Waals surface area contributed by atoms with E-state index in [4.69, 9.17) is 9.52 Å². The maximum Gasteiger partial charge on any atom is 0.573 e. The minimum absolute atomic E-state index is 0.212. The van der Waals surface area contributed by atoms with Gasteiger partial charge in [0.25, 0.3) is 0 Å². The van der Waals surface area contributed by atoms with Gasteiger partial charge in [0.2, 0.25) is 0 Å². The first-order valence-corrected chi connectivity index (χ1v) is 7.40. The third-order valence-corrected chi connectivity index (χ3v) is 3.78. The Kier molecular flexibility index (Phi) is 4.23. The van der Waals surface area contributed by atoms with E-state index in [1.165, 1.54) is 25.1 Å². The van der Waals surface area contributed by atoms with Gasteiger partial charge >= 0.3 is 18.1 Å². The number of oxazole rings is 1. The molecule has 1 N–H and O–H groups in total. The predicted octanol–water partition coefficient (Wildman–Crippen LogP) is 3.81. The summed E-state index contributed by atoms with van der Waals surface area (Å²) in [4.78, 5) is 23.1. The average molecular weight is 367 g/mol. The number of alkyl halides is 3. The third kappa shape index (κ3) is 3.41. The van der Waals surface area contributed by atoms with Gasteiger partial charge < -0.3 is 14.3 Å². The molecule has 3 aromatic rings. The van der Waals surface area contributed by atoms with E-state index in [-0.39, 0.29) is 16.8 Å². The minimum atomic E-state index is -4.78. The molecule has 0 bridgehead atoms. The van der Waals surface area contributed by atoms with Gasteiger partial charge in [0.15, 0.2) is 5.58 Å². The molecule has 136 valence electrons. The van der Waals surface area contributed by atoms with Crippen LogP contribution in [0.2, 0.25) is 0 Å². The van der Waals surface area contributed by atoms with Crippen molar-refractivity contribution in [3.05, 3.63) is 53.0 Å². The van der Waals surface area contributed by atoms with Gasteiger partial charge in [-0.05, 0) is 42.3 Å². The zero-order valence-electron chi connectivity index (χ0n) is 13.3. The molecular formula is C17H12F3NO5. The lowest BCUT2D eigenvalue weighted by atomic mass is 10.0. The molecular weight excluding hydrogens is 355 g/mol. The quantitative estimate of drug-likeness (QED) is 0.758. The zero-order valence-corrected chi connectivity index (χ0v) is 13.3. The molecule has 1 aromatic heterocycles. The average Bonchev–Trinajstić information content (AvgIpc) is 2.88. The van der Waals surface area contributed by atoms with Crippen LogP contribution in [0.3, 0.4) is 0 Å². The summed E-state index contributed by atoms with van der Waals surface area (Å²) in [6.45, 7) is 1.34. The fourth-order valence-electron chi connectivity index (χ4n) is 2.54. The second kappa shape index (κ2) is 6.25. The van der Waals surface area contributed by atoms with Crippen molar-refractivity contribution in [2.24, 2.45) is 0 Å². The summed E-state index contributed by atoms with van der Waals surface area (Å²) in [5, 5.41) is 9.14. The van der Waals surface area contributed by atoms with Gasteiger partial charge in [-0.1, -0.05) is 18.2 Å². The van der Waals surface area contributed by atoms with Crippen molar-refractivity contribution in [3.63, 3.8) is 0 Å². The van der Waals surface area contributed by atoms with Crippen LogP contribution in [-0.4, -0.2) is 22.0 Å². The molecule has 26 heavy (non-hydrogen) atoms. The second-order valence-electron chi connectivity index (χ2n) is 5.51. The Labute approximate surface area is 144 Å². The number of fused-ring (bicyclic) bond motifs is 1. The third-order valence-electron chi connectivity index (χ3n) is 3.78. The smallest absolute Gasteiger partial charge is 0.480 e. The highest BCUT2D eigenvalue weighted by molar-refractivity contribution is 5.83. The molecule has 3 rings (SSSR count). The maximum atomic E-state index is 12.2. The first-order valence-electron chi connectivity index (χ1n) is 7.40. The van der Waals surface area contributed by atoms with Gasteiger partial charge in [0, 0.05) is 0 Å². The molecule has 1 heterocycles. The van der Waals surface area contributed by atoms with Gasteiger partial charge in [0.05, 0.1) is 5.52 Å². The molecule has 0 radical (unpaired) electrons. The summed E-state index contributed by atoms with van der Waals surface area (Å²) in [7, 11) is 0. The molecule has 0 saturated carbocycles. The van der Waals surface area contributed by atoms with Gasteiger partial charge in [-0.25, -0.2) is 9.59 Å². The first kappa shape index (κ1) is 17.6. The fraction of sp³-hybridized carbons (Fsp3) is 0.176. The van der Waals surface area contributed by atoms with E-state index < -0.39 is 24.1 Å². The summed E-state index contributed by atoms with van der Waals surface area (Å²) in [6.07, 6.45) is -4.78. The molecule has 1 atom stereocenters. The highest BCUT2D eigenvalue weighted by Crippen LogP contribution is 2.29. The summed E-state index contributed by atoms with van der Waals surface area (Å²) < 4.78 is 46.5. The standard InChI is InChI=1S/C17H12F3NO5/c1-9(15(22)23)21-13-8-11(4-7-14(13)25-16(21)24)10-2-5-12(6-3-10)26-17(18,19)20/h2-9H,1H3,(H,22,23). The van der Waals surface area contributed by atoms with Crippen LogP contribution in [0.4, 0.5) is 13.2 Å². The SMILES string of the molecule is CC(C(=O)O)n1c(=O)oc2ccc(-c3ccc(OC(F)(F)F)cc3)cc21. The van der Waals surface area contributed by atoms with Gasteiger partial charge in [-0.2, -0.15) is 0 Å². The van der Waals surface area contributed by atoms with Gasteiger partial charge in [-0.3, -0.25) is 4.57 Å². The molecule has 0 spiro atoms. The van der Waals surface area contributed by atoms with Gasteiger partial charge in [0.1, 0.15) is 11.8 Å². The monoisotopic (exact) mass is 367 g/mol. The van der Waals surface area contributed by atoms with E-state index in [1.807, 2.05) is 0 Å². The number of carboxylic acids is 1. The van der Waals surface area contributed by atoms with Crippen molar-refractivity contribution in [1.29, 1.82) is 0 Å². The van der Waals surface area contributed by atoms with Crippen LogP contribution < -0.4 is 10.5 Å². The highest BCUT2D eigenvalue weighted by Gasteiger charge is 2.31. The number of aliphatic carboxylic acids is 1. The molecule has 2 aromatic carbocycles. The van der Waals surface area contributed by atoms with Crippen molar-refractivity contribution in [2.75, 3.05) is 0 Å². The van der Waals surface area contributed by atoms with Crippen LogP contribution in [0.1, 0.15) is 13.0 Å². The highest BCUT2D eigenvalue weighted by atomic mass is 19.4. The number of halogens is 3. The largest absolute Gasteiger partial charge is 0.573 e.